The van der Waals surface area contributed by atoms with Crippen molar-refractivity contribution in [1.29, 1.82) is 0 Å². The molecule has 1 heterocycles. The molecule has 0 radical (unpaired) electrons. The van der Waals surface area contributed by atoms with Crippen molar-refractivity contribution in [1.82, 2.24) is 9.97 Å². The van der Waals surface area contributed by atoms with Gasteiger partial charge in [0, 0.05) is 18.0 Å². The van der Waals surface area contributed by atoms with Crippen LogP contribution in [0.5, 0.6) is 0 Å². The highest BCUT2D eigenvalue weighted by Crippen LogP contribution is 2.16. The van der Waals surface area contributed by atoms with Gasteiger partial charge in [0.1, 0.15) is 5.82 Å². The molecule has 0 N–H and O–H groups in total. The minimum absolute atomic E-state index is 0.0609. The van der Waals surface area contributed by atoms with E-state index in [1.165, 1.54) is 12.1 Å². The second-order valence-corrected chi connectivity index (χ2v) is 4.07. The Hall–Kier alpha value is -2.62. The summed E-state index contributed by atoms with van der Waals surface area (Å²) in [5, 5.41) is 0. The first-order valence-electron chi connectivity index (χ1n) is 5.76. The molecule has 0 amide bonds. The van der Waals surface area contributed by atoms with Gasteiger partial charge in [-0.2, -0.15) is 0 Å². The minimum Gasteiger partial charge on any atom is -0.288 e. The molecule has 0 fully saturated rings. The van der Waals surface area contributed by atoms with Gasteiger partial charge in [0.25, 0.3) is 0 Å². The summed E-state index contributed by atoms with van der Waals surface area (Å²) in [6, 6.07) is 10.9. The summed E-state index contributed by atoms with van der Waals surface area (Å²) in [4.78, 5) is 20.5. The highest BCUT2D eigenvalue weighted by atomic mass is 19.1. The fraction of sp³-hybridized carbons (Fsp3) is 0. The summed E-state index contributed by atoms with van der Waals surface area (Å²) in [6.45, 7) is 0. The molecule has 3 rings (SSSR count). The molecule has 0 aliphatic rings. The molecule has 0 aliphatic carbocycles. The van der Waals surface area contributed by atoms with Crippen LogP contribution in [0.3, 0.4) is 0 Å². The monoisotopic (exact) mass is 252 g/mol. The topological polar surface area (TPSA) is 42.9 Å². The number of nitrogens with zero attached hydrogens (tertiary/aromatic N) is 2. The van der Waals surface area contributed by atoms with Crippen LogP contribution >= 0.6 is 0 Å². The standard InChI is InChI=1S/C15H9FN2O/c16-12-4-2-1-3-11(12)15(19)10-5-6-13-14(9-10)18-8-7-17-13/h1-9H. The average Bonchev–Trinajstić information content (AvgIpc) is 2.46. The van der Waals surface area contributed by atoms with Crippen molar-refractivity contribution in [2.75, 3.05) is 0 Å². The Morgan fingerprint density at radius 1 is 0.947 bits per heavy atom. The zero-order chi connectivity index (χ0) is 13.2. The van der Waals surface area contributed by atoms with Crippen LogP contribution in [-0.4, -0.2) is 15.8 Å². The van der Waals surface area contributed by atoms with Crippen LogP contribution in [-0.2, 0) is 0 Å². The molecular weight excluding hydrogens is 243 g/mol. The number of fused-ring (bicyclic) bond motifs is 1. The molecule has 1 aromatic heterocycles. The van der Waals surface area contributed by atoms with E-state index in [9.17, 15) is 9.18 Å². The third-order valence-corrected chi connectivity index (χ3v) is 2.85. The maximum absolute atomic E-state index is 13.6. The minimum atomic E-state index is -0.522. The van der Waals surface area contributed by atoms with Gasteiger partial charge in [0.05, 0.1) is 16.6 Å². The van der Waals surface area contributed by atoms with Gasteiger partial charge in [-0.1, -0.05) is 12.1 Å². The Kier molecular flexibility index (Phi) is 2.76. The van der Waals surface area contributed by atoms with Crippen molar-refractivity contribution >= 4 is 16.8 Å². The summed E-state index contributed by atoms with van der Waals surface area (Å²) in [5.41, 5.74) is 1.78. The second-order valence-electron chi connectivity index (χ2n) is 4.07. The Bertz CT molecular complexity index is 771. The summed E-state index contributed by atoms with van der Waals surface area (Å²) in [5.74, 6) is -0.877. The van der Waals surface area contributed by atoms with Crippen LogP contribution < -0.4 is 0 Å². The molecule has 2 aromatic carbocycles. The summed E-state index contributed by atoms with van der Waals surface area (Å²) in [7, 11) is 0. The van der Waals surface area contributed by atoms with E-state index in [0.717, 1.165) is 0 Å². The third-order valence-electron chi connectivity index (χ3n) is 2.85. The zero-order valence-electron chi connectivity index (χ0n) is 9.88. The molecule has 0 unspecified atom stereocenters. The van der Waals surface area contributed by atoms with Crippen LogP contribution in [0.25, 0.3) is 11.0 Å². The van der Waals surface area contributed by atoms with Crippen molar-refractivity contribution in [2.24, 2.45) is 0 Å². The van der Waals surface area contributed by atoms with Gasteiger partial charge in [0.15, 0.2) is 5.78 Å². The van der Waals surface area contributed by atoms with Crippen molar-refractivity contribution in [3.63, 3.8) is 0 Å². The first-order chi connectivity index (χ1) is 9.25. The molecular formula is C15H9FN2O. The van der Waals surface area contributed by atoms with E-state index >= 15 is 0 Å². The maximum Gasteiger partial charge on any atom is 0.196 e. The van der Waals surface area contributed by atoms with Gasteiger partial charge in [-0.05, 0) is 30.3 Å². The molecule has 0 aliphatic heterocycles. The van der Waals surface area contributed by atoms with Crippen molar-refractivity contribution < 1.29 is 9.18 Å². The quantitative estimate of drug-likeness (QED) is 0.658. The number of halogens is 1. The molecule has 0 atom stereocenters. The third kappa shape index (κ3) is 2.08. The predicted octanol–water partition coefficient (Wildman–Crippen LogP) is 3.00. The van der Waals surface area contributed by atoms with E-state index in [0.29, 0.717) is 16.6 Å². The van der Waals surface area contributed by atoms with Crippen LogP contribution in [0, 0.1) is 5.82 Å². The van der Waals surface area contributed by atoms with E-state index in [4.69, 9.17) is 0 Å². The van der Waals surface area contributed by atoms with Crippen LogP contribution in [0.4, 0.5) is 4.39 Å². The molecule has 3 nitrogen and oxygen atoms in total. The fourth-order valence-electron chi connectivity index (χ4n) is 1.91. The highest BCUT2D eigenvalue weighted by Gasteiger charge is 2.13. The van der Waals surface area contributed by atoms with Crippen molar-refractivity contribution in [2.45, 2.75) is 0 Å². The molecule has 19 heavy (non-hydrogen) atoms. The predicted molar refractivity (Wildman–Crippen MR) is 69.4 cm³/mol. The smallest absolute Gasteiger partial charge is 0.196 e. The van der Waals surface area contributed by atoms with Gasteiger partial charge in [-0.3, -0.25) is 14.8 Å². The number of ketones is 1. The number of carbonyl (C=O) groups is 1. The van der Waals surface area contributed by atoms with Gasteiger partial charge in [-0.25, -0.2) is 4.39 Å². The molecule has 0 saturated carbocycles. The fourth-order valence-corrected chi connectivity index (χ4v) is 1.91. The maximum atomic E-state index is 13.6. The van der Waals surface area contributed by atoms with Crippen LogP contribution in [0.2, 0.25) is 0 Å². The lowest BCUT2D eigenvalue weighted by Gasteiger charge is -2.03. The SMILES string of the molecule is O=C(c1ccc2nccnc2c1)c1ccccc1F. The van der Waals surface area contributed by atoms with Gasteiger partial charge < -0.3 is 0 Å². The lowest BCUT2D eigenvalue weighted by Crippen LogP contribution is -2.04. The van der Waals surface area contributed by atoms with Crippen LogP contribution in [0.15, 0.2) is 54.9 Å². The highest BCUT2D eigenvalue weighted by molar-refractivity contribution is 6.10. The first kappa shape index (κ1) is 11.5. The van der Waals surface area contributed by atoms with Gasteiger partial charge >= 0.3 is 0 Å². The Labute approximate surface area is 108 Å². The lowest BCUT2D eigenvalue weighted by molar-refractivity contribution is 0.103. The second kappa shape index (κ2) is 4.57. The largest absolute Gasteiger partial charge is 0.288 e. The number of aromatic nitrogens is 2. The molecule has 92 valence electrons. The average molecular weight is 252 g/mol. The Morgan fingerprint density at radius 2 is 1.68 bits per heavy atom. The lowest BCUT2D eigenvalue weighted by atomic mass is 10.0. The Morgan fingerprint density at radius 3 is 2.47 bits per heavy atom. The summed E-state index contributed by atoms with van der Waals surface area (Å²) >= 11 is 0. The van der Waals surface area contributed by atoms with Crippen molar-refractivity contribution in [3.8, 4) is 0 Å². The molecule has 4 heteroatoms. The summed E-state index contributed by atoms with van der Waals surface area (Å²) < 4.78 is 13.6. The van der Waals surface area contributed by atoms with E-state index in [2.05, 4.69) is 9.97 Å². The van der Waals surface area contributed by atoms with E-state index in [1.807, 2.05) is 0 Å². The van der Waals surface area contributed by atoms with E-state index in [-0.39, 0.29) is 11.3 Å². The molecule has 0 saturated heterocycles. The van der Waals surface area contributed by atoms with E-state index in [1.54, 1.807) is 42.7 Å². The number of benzene rings is 2. The first-order valence-corrected chi connectivity index (χ1v) is 5.76. The van der Waals surface area contributed by atoms with Crippen molar-refractivity contribution in [3.05, 3.63) is 71.8 Å². The number of rotatable bonds is 2. The molecule has 0 spiro atoms. The number of hydrogen-bond donors (Lipinski definition) is 0. The summed E-state index contributed by atoms with van der Waals surface area (Å²) in [6.07, 6.45) is 3.14. The number of carbonyl (C=O) groups excluding carboxylic acids is 1. The molecule has 0 bridgehead atoms. The zero-order valence-corrected chi connectivity index (χ0v) is 9.88. The Balaban J connectivity index is 2.09. The van der Waals surface area contributed by atoms with Gasteiger partial charge in [0.2, 0.25) is 0 Å². The van der Waals surface area contributed by atoms with Gasteiger partial charge in [-0.15, -0.1) is 0 Å². The molecule has 3 aromatic rings. The van der Waals surface area contributed by atoms with Crippen LogP contribution in [0.1, 0.15) is 15.9 Å². The van der Waals surface area contributed by atoms with E-state index < -0.39 is 5.82 Å². The normalized spacial score (nSPS) is 10.6. The number of hydrogen-bond acceptors (Lipinski definition) is 3.